The number of methoxy groups -OCH3 is 1. The zero-order valence-electron chi connectivity index (χ0n) is 20.3. The molecule has 1 atom stereocenters. The van der Waals surface area contributed by atoms with Crippen LogP contribution in [0, 0.1) is 0 Å². The molecule has 0 N–H and O–H groups in total. The van der Waals surface area contributed by atoms with Crippen LogP contribution < -0.4 is 15.2 Å². The number of para-hydroxylation sites is 2. The second-order valence-electron chi connectivity index (χ2n) is 9.61. The number of pyridine rings is 1. The predicted molar refractivity (Wildman–Crippen MR) is 141 cm³/mol. The number of ether oxygens (including phenoxy) is 1. The fraction of sp³-hybridized carbons (Fsp3) is 0.296. The number of carbonyl (C=O) groups is 1. The molecule has 3 aromatic rings. The zero-order chi connectivity index (χ0) is 25.5. The number of anilines is 1. The van der Waals surface area contributed by atoms with E-state index >= 15 is 0 Å². The lowest BCUT2D eigenvalue weighted by Gasteiger charge is -2.38. The van der Waals surface area contributed by atoms with Gasteiger partial charge >= 0.3 is 0 Å². The SMILES string of the molecule is COc1ccccc1-n1nc2c(c1C(C)C)C1C3=C(C=C(Cl)CC3)c3c(cn(C)c(=O)c3Cl)N1C2=O. The second-order valence-corrected chi connectivity index (χ2v) is 10.5. The average molecular weight is 523 g/mol. The number of rotatable bonds is 3. The molecule has 2 aliphatic heterocycles. The van der Waals surface area contributed by atoms with E-state index in [1.807, 2.05) is 35.0 Å². The molecule has 0 saturated heterocycles. The van der Waals surface area contributed by atoms with Gasteiger partial charge in [0.2, 0.25) is 0 Å². The number of allylic oxidation sites excluding steroid dienone is 3. The van der Waals surface area contributed by atoms with Gasteiger partial charge in [-0.15, -0.1) is 0 Å². The highest BCUT2D eigenvalue weighted by atomic mass is 35.5. The summed E-state index contributed by atoms with van der Waals surface area (Å²) in [5.74, 6) is 0.525. The van der Waals surface area contributed by atoms with Crippen molar-refractivity contribution in [2.24, 2.45) is 7.05 Å². The number of carbonyl (C=O) groups excluding carboxylic acids is 1. The van der Waals surface area contributed by atoms with E-state index < -0.39 is 0 Å². The van der Waals surface area contributed by atoms with Gasteiger partial charge in [-0.25, -0.2) is 4.68 Å². The topological polar surface area (TPSA) is 69.4 Å². The van der Waals surface area contributed by atoms with Crippen molar-refractivity contribution in [1.29, 1.82) is 0 Å². The highest BCUT2D eigenvalue weighted by Gasteiger charge is 2.50. The first-order valence-electron chi connectivity index (χ1n) is 11.8. The molecule has 0 radical (unpaired) electrons. The van der Waals surface area contributed by atoms with Crippen LogP contribution in [-0.2, 0) is 7.05 Å². The van der Waals surface area contributed by atoms with Crippen LogP contribution in [0.4, 0.5) is 5.69 Å². The number of halogens is 2. The van der Waals surface area contributed by atoms with Gasteiger partial charge in [-0.05, 0) is 48.1 Å². The Hall–Kier alpha value is -3.29. The van der Waals surface area contributed by atoms with Crippen LogP contribution in [0.25, 0.3) is 11.3 Å². The molecule has 9 heteroatoms. The maximum Gasteiger partial charge on any atom is 0.280 e. The third kappa shape index (κ3) is 3.02. The molecular formula is C27H24Cl2N4O3. The Morgan fingerprint density at radius 3 is 2.58 bits per heavy atom. The van der Waals surface area contributed by atoms with Gasteiger partial charge in [0.1, 0.15) is 16.5 Å². The summed E-state index contributed by atoms with van der Waals surface area (Å²) in [6.07, 6.45) is 4.89. The molecule has 0 fully saturated rings. The Balaban J connectivity index is 1.68. The Labute approximate surface area is 218 Å². The maximum atomic E-state index is 14.0. The van der Waals surface area contributed by atoms with Crippen LogP contribution in [0.15, 0.2) is 51.9 Å². The van der Waals surface area contributed by atoms with Gasteiger partial charge in [-0.3, -0.25) is 14.5 Å². The zero-order valence-corrected chi connectivity index (χ0v) is 21.8. The summed E-state index contributed by atoms with van der Waals surface area (Å²) in [6.45, 7) is 4.20. The minimum absolute atomic E-state index is 0.0656. The van der Waals surface area contributed by atoms with E-state index in [0.717, 1.165) is 28.1 Å². The standard InChI is InChI=1S/C27H24Cl2N4O3/c1-13(2)24-21-23(30-33(24)17-7-5-6-8-19(17)36-4)27(35)32-18-12-31(3)26(34)22(29)20(18)16-11-14(28)9-10-15(16)25(21)32/h5-8,11-13,25H,9-10H2,1-4H3. The highest BCUT2D eigenvalue weighted by molar-refractivity contribution is 6.34. The largest absolute Gasteiger partial charge is 0.494 e. The van der Waals surface area contributed by atoms with Crippen LogP contribution in [0.2, 0.25) is 5.02 Å². The Kier molecular flexibility index (Phi) is 5.21. The van der Waals surface area contributed by atoms with Crippen LogP contribution in [0.3, 0.4) is 0 Å². The normalized spacial score (nSPS) is 18.2. The molecule has 1 aromatic carbocycles. The number of aromatic nitrogens is 3. The quantitative estimate of drug-likeness (QED) is 0.439. The van der Waals surface area contributed by atoms with E-state index in [-0.39, 0.29) is 28.4 Å². The van der Waals surface area contributed by atoms with Crippen molar-refractivity contribution in [2.75, 3.05) is 12.0 Å². The third-order valence-electron chi connectivity index (χ3n) is 7.21. The molecule has 7 nitrogen and oxygen atoms in total. The summed E-state index contributed by atoms with van der Waals surface area (Å²) in [7, 11) is 3.26. The van der Waals surface area contributed by atoms with Crippen molar-refractivity contribution < 1.29 is 9.53 Å². The van der Waals surface area contributed by atoms with Gasteiger partial charge < -0.3 is 9.30 Å². The number of fused-ring (bicyclic) bond motifs is 7. The predicted octanol–water partition coefficient (Wildman–Crippen LogP) is 5.74. The Morgan fingerprint density at radius 2 is 1.86 bits per heavy atom. The van der Waals surface area contributed by atoms with Gasteiger partial charge in [0.15, 0.2) is 5.69 Å². The lowest BCUT2D eigenvalue weighted by molar-refractivity contribution is 0.0987. The van der Waals surface area contributed by atoms with E-state index in [0.29, 0.717) is 40.6 Å². The van der Waals surface area contributed by atoms with Crippen LogP contribution in [-0.4, -0.2) is 27.4 Å². The van der Waals surface area contributed by atoms with Gasteiger partial charge in [0.25, 0.3) is 11.5 Å². The molecule has 184 valence electrons. The number of hydrogen-bond donors (Lipinski definition) is 0. The number of nitrogens with zero attached hydrogens (tertiary/aromatic N) is 4. The van der Waals surface area contributed by atoms with Crippen LogP contribution >= 0.6 is 23.2 Å². The number of amides is 1. The monoisotopic (exact) mass is 522 g/mol. The first kappa shape index (κ1) is 23.1. The van der Waals surface area contributed by atoms with Crippen molar-refractivity contribution in [2.45, 2.75) is 38.6 Å². The summed E-state index contributed by atoms with van der Waals surface area (Å²) in [4.78, 5) is 28.6. The summed E-state index contributed by atoms with van der Waals surface area (Å²) >= 11 is 13.1. The molecule has 3 aliphatic rings. The van der Waals surface area contributed by atoms with Crippen LogP contribution in [0.5, 0.6) is 5.75 Å². The first-order valence-corrected chi connectivity index (χ1v) is 12.6. The molecule has 36 heavy (non-hydrogen) atoms. The minimum atomic E-state index is -0.356. The average Bonchev–Trinajstić information content (AvgIpc) is 3.38. The fourth-order valence-electron chi connectivity index (χ4n) is 5.70. The number of hydrogen-bond acceptors (Lipinski definition) is 4. The van der Waals surface area contributed by atoms with Crippen LogP contribution in [0.1, 0.15) is 66.0 Å². The molecule has 1 amide bonds. The number of aryl methyl sites for hydroxylation is 1. The maximum absolute atomic E-state index is 14.0. The lowest BCUT2D eigenvalue weighted by atomic mass is 9.81. The van der Waals surface area contributed by atoms with Gasteiger partial charge in [-0.1, -0.05) is 49.2 Å². The fourth-order valence-corrected chi connectivity index (χ4v) is 6.24. The number of benzene rings is 1. The summed E-state index contributed by atoms with van der Waals surface area (Å²) in [5, 5.41) is 5.65. The Morgan fingerprint density at radius 1 is 1.11 bits per heavy atom. The van der Waals surface area contributed by atoms with Crippen molar-refractivity contribution in [3.05, 3.63) is 85.0 Å². The molecule has 0 spiro atoms. The Bertz CT molecular complexity index is 1590. The lowest BCUT2D eigenvalue weighted by Crippen LogP contribution is -2.36. The molecule has 1 aliphatic carbocycles. The molecule has 0 saturated carbocycles. The van der Waals surface area contributed by atoms with E-state index in [2.05, 4.69) is 13.8 Å². The van der Waals surface area contributed by atoms with Crippen molar-refractivity contribution in [1.82, 2.24) is 14.3 Å². The summed E-state index contributed by atoms with van der Waals surface area (Å²) < 4.78 is 8.88. The molecule has 1 unspecified atom stereocenters. The van der Waals surface area contributed by atoms with Crippen molar-refractivity contribution >= 4 is 40.4 Å². The third-order valence-corrected chi connectivity index (χ3v) is 7.86. The van der Waals surface area contributed by atoms with Crippen molar-refractivity contribution in [3.63, 3.8) is 0 Å². The van der Waals surface area contributed by atoms with Gasteiger partial charge in [0, 0.05) is 29.4 Å². The summed E-state index contributed by atoms with van der Waals surface area (Å²) in [6, 6.07) is 7.30. The van der Waals surface area contributed by atoms with Gasteiger partial charge in [-0.2, -0.15) is 5.10 Å². The minimum Gasteiger partial charge on any atom is -0.494 e. The molecule has 0 bridgehead atoms. The summed E-state index contributed by atoms with van der Waals surface area (Å²) in [5.41, 5.74) is 5.70. The van der Waals surface area contributed by atoms with Gasteiger partial charge in [0.05, 0.1) is 24.5 Å². The smallest absolute Gasteiger partial charge is 0.280 e. The van der Waals surface area contributed by atoms with E-state index in [1.165, 1.54) is 4.57 Å². The molecular weight excluding hydrogens is 499 g/mol. The first-order chi connectivity index (χ1) is 17.2. The molecule has 4 heterocycles. The second kappa shape index (κ2) is 8.11. The van der Waals surface area contributed by atoms with E-state index in [1.54, 1.807) is 25.3 Å². The van der Waals surface area contributed by atoms with E-state index in [9.17, 15) is 9.59 Å². The van der Waals surface area contributed by atoms with E-state index in [4.69, 9.17) is 33.0 Å². The van der Waals surface area contributed by atoms with Crippen molar-refractivity contribution in [3.8, 4) is 11.4 Å². The molecule has 2 aromatic heterocycles. The highest BCUT2D eigenvalue weighted by Crippen LogP contribution is 2.55. The molecule has 6 rings (SSSR count).